The molecule has 130 valence electrons. The lowest BCUT2D eigenvalue weighted by Gasteiger charge is -2.23. The van der Waals surface area contributed by atoms with Gasteiger partial charge in [0.1, 0.15) is 0 Å². The van der Waals surface area contributed by atoms with Crippen LogP contribution in [0.1, 0.15) is 46.0 Å². The highest BCUT2D eigenvalue weighted by atomic mass is 127. The van der Waals surface area contributed by atoms with Gasteiger partial charge in [0.2, 0.25) is 0 Å². The fourth-order valence-electron chi connectivity index (χ4n) is 2.39. The van der Waals surface area contributed by atoms with Crippen molar-refractivity contribution in [3.05, 3.63) is 12.7 Å². The van der Waals surface area contributed by atoms with Crippen LogP contribution >= 0.6 is 24.0 Å². The highest BCUT2D eigenvalue weighted by molar-refractivity contribution is 14.0. The molecule has 4 nitrogen and oxygen atoms in total. The molecule has 0 aromatic heterocycles. The van der Waals surface area contributed by atoms with Gasteiger partial charge in [-0.05, 0) is 51.4 Å². The highest BCUT2D eigenvalue weighted by Gasteiger charge is 2.41. The number of hydrogen-bond donors (Lipinski definition) is 1. The summed E-state index contributed by atoms with van der Waals surface area (Å²) >= 11 is 0. The second-order valence-corrected chi connectivity index (χ2v) is 5.97. The van der Waals surface area contributed by atoms with Crippen molar-refractivity contribution in [2.75, 3.05) is 39.9 Å². The van der Waals surface area contributed by atoms with E-state index < -0.39 is 0 Å². The van der Waals surface area contributed by atoms with Gasteiger partial charge in [-0.3, -0.25) is 4.99 Å². The molecule has 1 saturated carbocycles. The van der Waals surface area contributed by atoms with Gasteiger partial charge in [-0.2, -0.15) is 0 Å². The summed E-state index contributed by atoms with van der Waals surface area (Å²) in [4.78, 5) is 7.08. The zero-order chi connectivity index (χ0) is 15.6. The summed E-state index contributed by atoms with van der Waals surface area (Å²) in [5.41, 5.74) is 0.414. The van der Waals surface area contributed by atoms with Crippen LogP contribution in [0.2, 0.25) is 0 Å². The van der Waals surface area contributed by atoms with E-state index in [4.69, 9.17) is 9.73 Å². The molecule has 22 heavy (non-hydrogen) atoms. The number of unbranched alkanes of at least 4 members (excludes halogenated alkanes) is 1. The van der Waals surface area contributed by atoms with Crippen LogP contribution in [0.15, 0.2) is 17.6 Å². The zero-order valence-electron chi connectivity index (χ0n) is 14.6. The minimum absolute atomic E-state index is 0. The molecule has 1 fully saturated rings. The van der Waals surface area contributed by atoms with Gasteiger partial charge in [0.25, 0.3) is 0 Å². The Morgan fingerprint density at radius 3 is 2.68 bits per heavy atom. The lowest BCUT2D eigenvalue weighted by Crippen LogP contribution is -2.39. The maximum atomic E-state index is 5.49. The number of nitrogens with one attached hydrogen (secondary N) is 1. The van der Waals surface area contributed by atoms with Gasteiger partial charge in [-0.25, -0.2) is 0 Å². The van der Waals surface area contributed by atoms with Crippen molar-refractivity contribution in [1.29, 1.82) is 0 Å². The molecule has 0 amide bonds. The molecule has 0 spiro atoms. The van der Waals surface area contributed by atoms with Crippen LogP contribution in [0, 0.1) is 5.41 Å². The predicted octanol–water partition coefficient (Wildman–Crippen LogP) is 3.67. The maximum Gasteiger partial charge on any atom is 0.193 e. The minimum Gasteiger partial charge on any atom is -0.382 e. The lowest BCUT2D eigenvalue weighted by molar-refractivity contribution is 0.129. The summed E-state index contributed by atoms with van der Waals surface area (Å²) in [6.45, 7) is 12.5. The number of hydrogen-bond acceptors (Lipinski definition) is 2. The van der Waals surface area contributed by atoms with E-state index in [1.54, 1.807) is 0 Å². The maximum absolute atomic E-state index is 5.49. The van der Waals surface area contributed by atoms with Crippen molar-refractivity contribution in [3.63, 3.8) is 0 Å². The Hall–Kier alpha value is -0.300. The van der Waals surface area contributed by atoms with Crippen molar-refractivity contribution in [2.24, 2.45) is 10.4 Å². The fourth-order valence-corrected chi connectivity index (χ4v) is 2.39. The van der Waals surface area contributed by atoms with Gasteiger partial charge in [0.05, 0.1) is 0 Å². The molecular weight excluding hydrogens is 389 g/mol. The smallest absolute Gasteiger partial charge is 0.193 e. The van der Waals surface area contributed by atoms with E-state index >= 15 is 0 Å². The SMILES string of the molecule is C=CCCCN(C)C(=NCC1(CCOCC)CC1)NCC.I. The van der Waals surface area contributed by atoms with E-state index in [9.17, 15) is 0 Å². The summed E-state index contributed by atoms with van der Waals surface area (Å²) < 4.78 is 5.49. The quantitative estimate of drug-likeness (QED) is 0.181. The van der Waals surface area contributed by atoms with E-state index in [0.29, 0.717) is 5.41 Å². The topological polar surface area (TPSA) is 36.9 Å². The highest BCUT2D eigenvalue weighted by Crippen LogP contribution is 2.49. The van der Waals surface area contributed by atoms with Crippen LogP contribution in [0.5, 0.6) is 0 Å². The average Bonchev–Trinajstić information content (AvgIpc) is 3.24. The second-order valence-electron chi connectivity index (χ2n) is 5.97. The van der Waals surface area contributed by atoms with Gasteiger partial charge in [0, 0.05) is 39.9 Å². The molecule has 0 bridgehead atoms. The number of allylic oxidation sites excluding steroid dienone is 1. The molecular formula is C17H34IN3O. The van der Waals surface area contributed by atoms with Crippen molar-refractivity contribution < 1.29 is 4.74 Å². The number of halogens is 1. The van der Waals surface area contributed by atoms with Crippen molar-refractivity contribution in [1.82, 2.24) is 10.2 Å². The van der Waals surface area contributed by atoms with Crippen LogP contribution in [0.4, 0.5) is 0 Å². The predicted molar refractivity (Wildman–Crippen MR) is 106 cm³/mol. The number of guanidine groups is 1. The van der Waals surface area contributed by atoms with Crippen molar-refractivity contribution in [2.45, 2.75) is 46.0 Å². The molecule has 0 radical (unpaired) electrons. The van der Waals surface area contributed by atoms with Gasteiger partial charge in [0.15, 0.2) is 5.96 Å². The first-order valence-corrected chi connectivity index (χ1v) is 8.35. The first kappa shape index (κ1) is 21.7. The standard InChI is InChI=1S/C17H33N3O.HI/c1-5-8-9-13-20(4)16(18-6-2)19-15-17(10-11-17)12-14-21-7-3;/h5H,1,6-15H2,2-4H3,(H,18,19);1H. The summed E-state index contributed by atoms with van der Waals surface area (Å²) in [5.74, 6) is 1.03. The van der Waals surface area contributed by atoms with Gasteiger partial charge >= 0.3 is 0 Å². The van der Waals surface area contributed by atoms with Crippen LogP contribution in [-0.4, -0.2) is 50.8 Å². The molecule has 0 saturated heterocycles. The molecule has 1 aliphatic rings. The molecule has 0 aromatic carbocycles. The van der Waals surface area contributed by atoms with Crippen LogP contribution < -0.4 is 5.32 Å². The summed E-state index contributed by atoms with van der Waals surface area (Å²) in [6, 6.07) is 0. The van der Waals surface area contributed by atoms with Crippen LogP contribution in [-0.2, 0) is 4.74 Å². The van der Waals surface area contributed by atoms with Crippen molar-refractivity contribution >= 4 is 29.9 Å². The number of rotatable bonds is 11. The Balaban J connectivity index is 0.00000441. The van der Waals surface area contributed by atoms with E-state index in [2.05, 4.69) is 37.7 Å². The molecule has 0 aliphatic heterocycles. The number of ether oxygens (including phenoxy) is 1. The summed E-state index contributed by atoms with van der Waals surface area (Å²) in [6.07, 6.45) is 7.89. The Morgan fingerprint density at radius 2 is 2.14 bits per heavy atom. The normalized spacial score (nSPS) is 15.9. The largest absolute Gasteiger partial charge is 0.382 e. The third-order valence-corrected chi connectivity index (χ3v) is 4.10. The van der Waals surface area contributed by atoms with Gasteiger partial charge in [-0.1, -0.05) is 6.08 Å². The molecule has 1 aliphatic carbocycles. The molecule has 1 N–H and O–H groups in total. The third-order valence-electron chi connectivity index (χ3n) is 4.10. The van der Waals surface area contributed by atoms with Crippen molar-refractivity contribution in [3.8, 4) is 0 Å². The van der Waals surface area contributed by atoms with E-state index in [0.717, 1.165) is 58.1 Å². The monoisotopic (exact) mass is 423 g/mol. The molecule has 0 aromatic rings. The minimum atomic E-state index is 0. The average molecular weight is 423 g/mol. The van der Waals surface area contributed by atoms with E-state index in [-0.39, 0.29) is 24.0 Å². The Bertz CT molecular complexity index is 330. The van der Waals surface area contributed by atoms with E-state index in [1.807, 2.05) is 6.08 Å². The van der Waals surface area contributed by atoms with Crippen LogP contribution in [0.25, 0.3) is 0 Å². The first-order chi connectivity index (χ1) is 10.2. The molecule has 0 atom stereocenters. The second kappa shape index (κ2) is 12.2. The molecule has 0 heterocycles. The Labute approximate surface area is 153 Å². The third kappa shape index (κ3) is 8.36. The zero-order valence-corrected chi connectivity index (χ0v) is 16.9. The lowest BCUT2D eigenvalue weighted by atomic mass is 10.0. The first-order valence-electron chi connectivity index (χ1n) is 8.35. The van der Waals surface area contributed by atoms with E-state index in [1.165, 1.54) is 12.8 Å². The molecule has 1 rings (SSSR count). The van der Waals surface area contributed by atoms with Crippen LogP contribution in [0.3, 0.4) is 0 Å². The molecule has 5 heteroatoms. The number of nitrogens with zero attached hydrogens (tertiary/aromatic N) is 2. The Kier molecular flexibility index (Phi) is 12.0. The van der Waals surface area contributed by atoms with Gasteiger partial charge in [-0.15, -0.1) is 30.6 Å². The number of aliphatic imine (C=N–C) groups is 1. The molecule has 0 unspecified atom stereocenters. The summed E-state index contributed by atoms with van der Waals surface area (Å²) in [7, 11) is 2.12. The van der Waals surface area contributed by atoms with Gasteiger partial charge < -0.3 is 15.0 Å². The summed E-state index contributed by atoms with van der Waals surface area (Å²) in [5, 5.41) is 3.40. The Morgan fingerprint density at radius 1 is 1.41 bits per heavy atom. The fraction of sp³-hybridized carbons (Fsp3) is 0.824.